The Morgan fingerprint density at radius 2 is 2.10 bits per heavy atom. The molecule has 1 aliphatic rings. The van der Waals surface area contributed by atoms with Gasteiger partial charge >= 0.3 is 0 Å². The van der Waals surface area contributed by atoms with Gasteiger partial charge in [-0.05, 0) is 40.0 Å². The summed E-state index contributed by atoms with van der Waals surface area (Å²) in [7, 11) is 0. The van der Waals surface area contributed by atoms with E-state index >= 15 is 0 Å². The Labute approximate surface area is 120 Å². The van der Waals surface area contributed by atoms with E-state index in [0.717, 1.165) is 24.9 Å². The van der Waals surface area contributed by atoms with Crippen molar-refractivity contribution in [2.45, 2.75) is 65.1 Å². The van der Waals surface area contributed by atoms with E-state index in [1.165, 1.54) is 6.07 Å². The third-order valence-corrected chi connectivity index (χ3v) is 3.98. The Morgan fingerprint density at radius 3 is 2.70 bits per heavy atom. The van der Waals surface area contributed by atoms with Gasteiger partial charge in [-0.25, -0.2) is 4.39 Å². The molecule has 1 heterocycles. The lowest BCUT2D eigenvalue weighted by Gasteiger charge is -2.32. The minimum Gasteiger partial charge on any atom is -0.488 e. The van der Waals surface area contributed by atoms with E-state index in [-0.39, 0.29) is 17.7 Å². The molecule has 1 fully saturated rings. The summed E-state index contributed by atoms with van der Waals surface area (Å²) in [5.41, 5.74) is 7.44. The Morgan fingerprint density at radius 1 is 1.40 bits per heavy atom. The Hall–Kier alpha value is -1.45. The summed E-state index contributed by atoms with van der Waals surface area (Å²) in [4.78, 5) is 2.32. The fourth-order valence-corrected chi connectivity index (χ4v) is 3.03. The first-order chi connectivity index (χ1) is 9.43. The fourth-order valence-electron chi connectivity index (χ4n) is 3.03. The molecule has 0 amide bonds. The maximum Gasteiger partial charge on any atom is 0.167 e. The Balaban J connectivity index is 2.39. The quantitative estimate of drug-likeness (QED) is 0.848. The molecule has 0 aromatic heterocycles. The van der Waals surface area contributed by atoms with Crippen molar-refractivity contribution in [1.29, 1.82) is 0 Å². The van der Waals surface area contributed by atoms with Crippen LogP contribution in [0.3, 0.4) is 0 Å². The van der Waals surface area contributed by atoms with E-state index in [1.807, 2.05) is 13.8 Å². The van der Waals surface area contributed by atoms with E-state index in [9.17, 15) is 4.39 Å². The van der Waals surface area contributed by atoms with Crippen molar-refractivity contribution >= 4 is 11.4 Å². The Bertz CT molecular complexity index is 476. The zero-order valence-electron chi connectivity index (χ0n) is 12.8. The van der Waals surface area contributed by atoms with Crippen LogP contribution in [0.5, 0.6) is 5.75 Å². The monoisotopic (exact) mass is 280 g/mol. The molecule has 2 unspecified atom stereocenters. The van der Waals surface area contributed by atoms with Crippen LogP contribution < -0.4 is 15.4 Å². The Kier molecular flexibility index (Phi) is 4.41. The molecule has 0 saturated carbocycles. The van der Waals surface area contributed by atoms with Crippen molar-refractivity contribution in [3.63, 3.8) is 0 Å². The van der Waals surface area contributed by atoms with Crippen LogP contribution in [-0.2, 0) is 0 Å². The molecule has 0 spiro atoms. The van der Waals surface area contributed by atoms with Crippen molar-refractivity contribution in [3.8, 4) is 5.75 Å². The van der Waals surface area contributed by atoms with Crippen LogP contribution >= 0.6 is 0 Å². The molecular formula is C16H25FN2O. The SMILES string of the molecule is CCC1CCC(C)N1c1cc(OC(C)C)c(F)cc1N. The highest BCUT2D eigenvalue weighted by Crippen LogP contribution is 2.38. The van der Waals surface area contributed by atoms with E-state index in [2.05, 4.69) is 18.7 Å². The molecule has 3 nitrogen and oxygen atoms in total. The minimum absolute atomic E-state index is 0.0565. The molecule has 2 rings (SSSR count). The normalized spacial score (nSPS) is 22.6. The molecule has 4 heteroatoms. The first-order valence-corrected chi connectivity index (χ1v) is 7.48. The number of benzene rings is 1. The highest BCUT2D eigenvalue weighted by molar-refractivity contribution is 5.71. The van der Waals surface area contributed by atoms with Gasteiger partial charge in [0, 0.05) is 24.2 Å². The van der Waals surface area contributed by atoms with Gasteiger partial charge in [0.05, 0.1) is 17.5 Å². The van der Waals surface area contributed by atoms with Crippen LogP contribution in [0.25, 0.3) is 0 Å². The van der Waals surface area contributed by atoms with Crippen molar-refractivity contribution in [2.24, 2.45) is 0 Å². The molecule has 0 bridgehead atoms. The average Bonchev–Trinajstić information content (AvgIpc) is 2.73. The third kappa shape index (κ3) is 2.84. The lowest BCUT2D eigenvalue weighted by molar-refractivity contribution is 0.231. The molecule has 112 valence electrons. The number of halogens is 1. The summed E-state index contributed by atoms with van der Waals surface area (Å²) in [6, 6.07) is 4.05. The van der Waals surface area contributed by atoms with Crippen LogP contribution in [0.15, 0.2) is 12.1 Å². The molecular weight excluding hydrogens is 255 g/mol. The summed E-state index contributed by atoms with van der Waals surface area (Å²) in [5, 5.41) is 0. The second-order valence-corrected chi connectivity index (χ2v) is 5.90. The van der Waals surface area contributed by atoms with Gasteiger partial charge in [-0.2, -0.15) is 0 Å². The van der Waals surface area contributed by atoms with E-state index in [1.54, 1.807) is 6.07 Å². The van der Waals surface area contributed by atoms with Gasteiger partial charge in [-0.3, -0.25) is 0 Å². The van der Waals surface area contributed by atoms with Crippen molar-refractivity contribution in [1.82, 2.24) is 0 Å². The van der Waals surface area contributed by atoms with Crippen molar-refractivity contribution < 1.29 is 9.13 Å². The van der Waals surface area contributed by atoms with Crippen LogP contribution in [0.1, 0.15) is 47.0 Å². The molecule has 2 atom stereocenters. The van der Waals surface area contributed by atoms with Crippen LogP contribution in [0.2, 0.25) is 0 Å². The third-order valence-electron chi connectivity index (χ3n) is 3.98. The molecule has 0 aliphatic carbocycles. The predicted molar refractivity (Wildman–Crippen MR) is 81.8 cm³/mol. The smallest absolute Gasteiger partial charge is 0.167 e. The highest BCUT2D eigenvalue weighted by Gasteiger charge is 2.31. The van der Waals surface area contributed by atoms with Gasteiger partial charge in [0.1, 0.15) is 0 Å². The van der Waals surface area contributed by atoms with Gasteiger partial charge in [0.2, 0.25) is 0 Å². The topological polar surface area (TPSA) is 38.5 Å². The number of hydrogen-bond donors (Lipinski definition) is 1. The fraction of sp³-hybridized carbons (Fsp3) is 0.625. The molecule has 1 aromatic rings. The largest absolute Gasteiger partial charge is 0.488 e. The summed E-state index contributed by atoms with van der Waals surface area (Å²) < 4.78 is 19.5. The van der Waals surface area contributed by atoms with E-state index < -0.39 is 0 Å². The number of ether oxygens (including phenoxy) is 1. The highest BCUT2D eigenvalue weighted by atomic mass is 19.1. The lowest BCUT2D eigenvalue weighted by Crippen LogP contribution is -2.34. The molecule has 20 heavy (non-hydrogen) atoms. The standard InChI is InChI=1S/C16H25FN2O/c1-5-12-7-6-11(4)19(12)15-9-16(20-10(2)3)13(17)8-14(15)18/h8-12H,5-7,18H2,1-4H3. The van der Waals surface area contributed by atoms with Crippen molar-refractivity contribution in [2.75, 3.05) is 10.6 Å². The van der Waals surface area contributed by atoms with Crippen LogP contribution in [-0.4, -0.2) is 18.2 Å². The lowest BCUT2D eigenvalue weighted by atomic mass is 10.1. The number of hydrogen-bond acceptors (Lipinski definition) is 3. The van der Waals surface area contributed by atoms with Gasteiger partial charge in [0.25, 0.3) is 0 Å². The summed E-state index contributed by atoms with van der Waals surface area (Å²) in [6.45, 7) is 8.16. The first kappa shape index (κ1) is 14.9. The average molecular weight is 280 g/mol. The van der Waals surface area contributed by atoms with Gasteiger partial charge in [-0.1, -0.05) is 6.92 Å². The van der Waals surface area contributed by atoms with Gasteiger partial charge < -0.3 is 15.4 Å². The van der Waals surface area contributed by atoms with Crippen molar-refractivity contribution in [3.05, 3.63) is 17.9 Å². The summed E-state index contributed by atoms with van der Waals surface area (Å²) in [6.07, 6.45) is 3.32. The number of nitrogens with zero attached hydrogens (tertiary/aromatic N) is 1. The zero-order valence-corrected chi connectivity index (χ0v) is 12.8. The van der Waals surface area contributed by atoms with Gasteiger partial charge in [-0.15, -0.1) is 0 Å². The van der Waals surface area contributed by atoms with E-state index in [4.69, 9.17) is 10.5 Å². The molecule has 1 saturated heterocycles. The number of nitrogens with two attached hydrogens (primary N) is 1. The molecule has 1 aliphatic heterocycles. The molecule has 2 N–H and O–H groups in total. The number of rotatable bonds is 4. The van der Waals surface area contributed by atoms with Crippen LogP contribution in [0, 0.1) is 5.82 Å². The maximum atomic E-state index is 13.9. The molecule has 1 aromatic carbocycles. The predicted octanol–water partition coefficient (Wildman–Crippen LogP) is 3.96. The van der Waals surface area contributed by atoms with E-state index in [0.29, 0.717) is 17.8 Å². The number of nitrogen functional groups attached to an aromatic ring is 1. The second kappa shape index (κ2) is 5.90. The number of anilines is 2. The maximum absolute atomic E-state index is 13.9. The summed E-state index contributed by atoms with van der Waals surface area (Å²) in [5.74, 6) is -0.0991. The zero-order chi connectivity index (χ0) is 14.9. The minimum atomic E-state index is -0.389. The molecule has 0 radical (unpaired) electrons. The van der Waals surface area contributed by atoms with Gasteiger partial charge in [0.15, 0.2) is 11.6 Å². The second-order valence-electron chi connectivity index (χ2n) is 5.90. The van der Waals surface area contributed by atoms with Crippen LogP contribution in [0.4, 0.5) is 15.8 Å². The first-order valence-electron chi connectivity index (χ1n) is 7.48. The summed E-state index contributed by atoms with van der Waals surface area (Å²) >= 11 is 0.